The first-order valence-corrected chi connectivity index (χ1v) is 7.25. The average Bonchev–Trinajstić information content (AvgIpc) is 2.84. The van der Waals surface area contributed by atoms with Crippen LogP contribution in [0.1, 0.15) is 29.4 Å². The number of carbonyl (C=O) groups is 1. The zero-order valence-corrected chi connectivity index (χ0v) is 13.5. The Hall–Kier alpha value is -2.43. The van der Waals surface area contributed by atoms with Crippen molar-refractivity contribution in [2.24, 2.45) is 5.73 Å². The summed E-state index contributed by atoms with van der Waals surface area (Å²) in [4.78, 5) is 11.7. The van der Waals surface area contributed by atoms with Crippen LogP contribution < -0.4 is 15.2 Å². The van der Waals surface area contributed by atoms with E-state index in [0.717, 1.165) is 41.4 Å². The summed E-state index contributed by atoms with van der Waals surface area (Å²) in [6, 6.07) is 7.43. The molecule has 0 bridgehead atoms. The summed E-state index contributed by atoms with van der Waals surface area (Å²) in [5.74, 6) is 1.04. The summed E-state index contributed by atoms with van der Waals surface area (Å²) in [5.41, 5.74) is 8.68. The highest BCUT2D eigenvalue weighted by Gasteiger charge is 2.19. The van der Waals surface area contributed by atoms with E-state index in [-0.39, 0.29) is 0 Å². The van der Waals surface area contributed by atoms with Crippen molar-refractivity contribution in [1.82, 2.24) is 4.57 Å². The van der Waals surface area contributed by atoms with Crippen molar-refractivity contribution in [3.05, 3.63) is 35.5 Å². The molecule has 2 aromatic rings. The Morgan fingerprint density at radius 3 is 2.50 bits per heavy atom. The van der Waals surface area contributed by atoms with Crippen molar-refractivity contribution < 1.29 is 14.3 Å². The van der Waals surface area contributed by atoms with Gasteiger partial charge < -0.3 is 19.8 Å². The van der Waals surface area contributed by atoms with Gasteiger partial charge in [-0.3, -0.25) is 4.79 Å². The normalized spacial score (nSPS) is 10.5. The molecule has 5 heteroatoms. The predicted molar refractivity (Wildman–Crippen MR) is 86.5 cm³/mol. The van der Waals surface area contributed by atoms with Gasteiger partial charge in [0.05, 0.1) is 25.5 Å². The van der Waals surface area contributed by atoms with Crippen LogP contribution in [0.25, 0.3) is 11.3 Å². The molecule has 0 aliphatic rings. The Kier molecular flexibility index (Phi) is 4.75. The van der Waals surface area contributed by atoms with E-state index < -0.39 is 5.91 Å². The second-order valence-corrected chi connectivity index (χ2v) is 5.11. The van der Waals surface area contributed by atoms with Gasteiger partial charge in [0.1, 0.15) is 11.5 Å². The Morgan fingerprint density at radius 2 is 1.95 bits per heavy atom. The highest BCUT2D eigenvalue weighted by atomic mass is 16.5. The molecule has 0 spiro atoms. The topological polar surface area (TPSA) is 66.5 Å². The number of aromatic nitrogens is 1. The molecule has 0 unspecified atom stereocenters. The van der Waals surface area contributed by atoms with Crippen LogP contribution in [0.2, 0.25) is 0 Å². The number of ether oxygens (including phenoxy) is 2. The molecule has 1 aromatic heterocycles. The van der Waals surface area contributed by atoms with Gasteiger partial charge in [-0.1, -0.05) is 6.92 Å². The highest BCUT2D eigenvalue weighted by Crippen LogP contribution is 2.35. The number of methoxy groups -OCH3 is 2. The molecule has 5 nitrogen and oxygen atoms in total. The van der Waals surface area contributed by atoms with Gasteiger partial charge in [-0.25, -0.2) is 0 Å². The molecular weight excluding hydrogens is 280 g/mol. The fourth-order valence-corrected chi connectivity index (χ4v) is 2.64. The van der Waals surface area contributed by atoms with E-state index in [1.807, 2.05) is 31.2 Å². The number of benzene rings is 1. The second-order valence-electron chi connectivity index (χ2n) is 5.11. The van der Waals surface area contributed by atoms with Crippen LogP contribution in [0.5, 0.6) is 11.5 Å². The molecule has 0 saturated heterocycles. The van der Waals surface area contributed by atoms with Gasteiger partial charge in [0, 0.05) is 17.8 Å². The monoisotopic (exact) mass is 302 g/mol. The minimum absolute atomic E-state index is 0.421. The van der Waals surface area contributed by atoms with Gasteiger partial charge in [0.25, 0.3) is 5.91 Å². The molecule has 2 N–H and O–H groups in total. The molecule has 1 aromatic carbocycles. The van der Waals surface area contributed by atoms with Gasteiger partial charge in [0.2, 0.25) is 0 Å². The van der Waals surface area contributed by atoms with Crippen LogP contribution >= 0.6 is 0 Å². The summed E-state index contributed by atoms with van der Waals surface area (Å²) in [6.45, 7) is 4.80. The predicted octanol–water partition coefficient (Wildman–Crippen LogP) is 2.99. The largest absolute Gasteiger partial charge is 0.497 e. The van der Waals surface area contributed by atoms with Gasteiger partial charge in [0.15, 0.2) is 0 Å². The number of amides is 1. The lowest BCUT2D eigenvalue weighted by Gasteiger charge is -2.14. The summed E-state index contributed by atoms with van der Waals surface area (Å²) < 4.78 is 12.9. The van der Waals surface area contributed by atoms with Gasteiger partial charge in [-0.05, 0) is 37.6 Å². The van der Waals surface area contributed by atoms with Crippen molar-refractivity contribution >= 4 is 5.91 Å². The first-order valence-electron chi connectivity index (χ1n) is 7.25. The van der Waals surface area contributed by atoms with Gasteiger partial charge >= 0.3 is 0 Å². The molecule has 1 amide bonds. The van der Waals surface area contributed by atoms with E-state index in [1.54, 1.807) is 14.2 Å². The quantitative estimate of drug-likeness (QED) is 0.892. The van der Waals surface area contributed by atoms with E-state index in [0.29, 0.717) is 5.56 Å². The van der Waals surface area contributed by atoms with Crippen molar-refractivity contribution in [2.45, 2.75) is 26.8 Å². The maximum atomic E-state index is 11.7. The number of rotatable bonds is 6. The third-order valence-corrected chi connectivity index (χ3v) is 3.76. The highest BCUT2D eigenvalue weighted by molar-refractivity contribution is 5.96. The van der Waals surface area contributed by atoms with Crippen molar-refractivity contribution in [3.63, 3.8) is 0 Å². The maximum Gasteiger partial charge on any atom is 0.250 e. The van der Waals surface area contributed by atoms with Crippen LogP contribution in [-0.2, 0) is 6.54 Å². The van der Waals surface area contributed by atoms with Crippen molar-refractivity contribution in [1.29, 1.82) is 0 Å². The van der Waals surface area contributed by atoms with E-state index in [1.165, 1.54) is 0 Å². The third-order valence-electron chi connectivity index (χ3n) is 3.76. The fourth-order valence-electron chi connectivity index (χ4n) is 2.64. The van der Waals surface area contributed by atoms with E-state index >= 15 is 0 Å². The van der Waals surface area contributed by atoms with Crippen molar-refractivity contribution in [3.8, 4) is 22.8 Å². The molecule has 2 rings (SSSR count). The second kappa shape index (κ2) is 6.56. The van der Waals surface area contributed by atoms with E-state index in [9.17, 15) is 4.79 Å². The van der Waals surface area contributed by atoms with Crippen LogP contribution in [0, 0.1) is 6.92 Å². The molecular formula is C17H22N2O3. The Balaban J connectivity index is 2.70. The Labute approximate surface area is 130 Å². The van der Waals surface area contributed by atoms with Crippen LogP contribution in [0.4, 0.5) is 0 Å². The standard InChI is InChI=1S/C17H22N2O3/c1-5-8-19-11(2)13(17(18)20)10-15(19)14-9-12(21-3)6-7-16(14)22-4/h6-7,9-10H,5,8H2,1-4H3,(H2,18,20). The van der Waals surface area contributed by atoms with Gasteiger partial charge in [-0.2, -0.15) is 0 Å². The minimum atomic E-state index is -0.421. The zero-order valence-electron chi connectivity index (χ0n) is 13.5. The lowest BCUT2D eigenvalue weighted by molar-refractivity contribution is 0.0999. The lowest BCUT2D eigenvalue weighted by Crippen LogP contribution is -2.12. The molecule has 0 aliphatic heterocycles. The van der Waals surface area contributed by atoms with Crippen molar-refractivity contribution in [2.75, 3.05) is 14.2 Å². The molecule has 22 heavy (non-hydrogen) atoms. The summed E-state index contributed by atoms with van der Waals surface area (Å²) in [6.07, 6.45) is 0.951. The Bertz CT molecular complexity index is 689. The summed E-state index contributed by atoms with van der Waals surface area (Å²) in [5, 5.41) is 0. The smallest absolute Gasteiger partial charge is 0.250 e. The maximum absolute atomic E-state index is 11.7. The number of carbonyl (C=O) groups excluding carboxylic acids is 1. The first-order chi connectivity index (χ1) is 10.5. The number of hydrogen-bond acceptors (Lipinski definition) is 3. The molecule has 0 atom stereocenters. The fraction of sp³-hybridized carbons (Fsp3) is 0.353. The van der Waals surface area contributed by atoms with Crippen LogP contribution in [0.15, 0.2) is 24.3 Å². The summed E-state index contributed by atoms with van der Waals surface area (Å²) >= 11 is 0. The SMILES string of the molecule is CCCn1c(-c2cc(OC)ccc2OC)cc(C(N)=O)c1C. The summed E-state index contributed by atoms with van der Waals surface area (Å²) in [7, 11) is 3.25. The molecule has 0 radical (unpaired) electrons. The van der Waals surface area contributed by atoms with Crippen LogP contribution in [0.3, 0.4) is 0 Å². The third kappa shape index (κ3) is 2.79. The van der Waals surface area contributed by atoms with Gasteiger partial charge in [-0.15, -0.1) is 0 Å². The number of nitrogens with zero attached hydrogens (tertiary/aromatic N) is 1. The van der Waals surface area contributed by atoms with Crippen LogP contribution in [-0.4, -0.2) is 24.7 Å². The first kappa shape index (κ1) is 15.9. The molecule has 1 heterocycles. The lowest BCUT2D eigenvalue weighted by atomic mass is 10.1. The molecule has 0 fully saturated rings. The van der Waals surface area contributed by atoms with E-state index in [2.05, 4.69) is 11.5 Å². The average molecular weight is 302 g/mol. The molecule has 0 aliphatic carbocycles. The molecule has 118 valence electrons. The number of nitrogens with two attached hydrogens (primary N) is 1. The Morgan fingerprint density at radius 1 is 1.23 bits per heavy atom. The molecule has 0 saturated carbocycles. The minimum Gasteiger partial charge on any atom is -0.497 e. The number of hydrogen-bond donors (Lipinski definition) is 1. The van der Waals surface area contributed by atoms with E-state index in [4.69, 9.17) is 15.2 Å². The number of primary amides is 1. The zero-order chi connectivity index (χ0) is 16.3.